The summed E-state index contributed by atoms with van der Waals surface area (Å²) in [5.74, 6) is 1.42. The number of hydrazone groups is 2. The number of imidazole rings is 1. The van der Waals surface area contributed by atoms with Gasteiger partial charge in [0.2, 0.25) is 11.9 Å². The molecule has 4 N–H and O–H groups in total. The van der Waals surface area contributed by atoms with E-state index in [1.54, 1.807) is 12.4 Å². The SMILES string of the molecule is Br.C(=Cc1ccc(-c2cn3cc(C=CC=NNC4=NCCN4)ccc3n2)cc1)C=NNC1=NCCN1. The maximum atomic E-state index is 4.75. The van der Waals surface area contributed by atoms with Crippen LogP contribution in [0.2, 0.25) is 0 Å². The number of aromatic nitrogens is 2. The summed E-state index contributed by atoms with van der Waals surface area (Å²) in [5, 5.41) is 14.4. The summed E-state index contributed by atoms with van der Waals surface area (Å²) < 4.78 is 2.03. The quantitative estimate of drug-likeness (QED) is 0.268. The Balaban J connectivity index is 0.00000304. The third-order valence-corrected chi connectivity index (χ3v) is 5.27. The second-order valence-corrected chi connectivity index (χ2v) is 7.79. The molecule has 4 heterocycles. The lowest BCUT2D eigenvalue weighted by Crippen LogP contribution is -2.29. The fourth-order valence-electron chi connectivity index (χ4n) is 3.55. The zero-order chi connectivity index (χ0) is 23.7. The summed E-state index contributed by atoms with van der Waals surface area (Å²) in [4.78, 5) is 13.2. The third-order valence-electron chi connectivity index (χ3n) is 5.27. The Morgan fingerprint density at radius 2 is 1.39 bits per heavy atom. The number of allylic oxidation sites excluding steroid dienone is 2. The summed E-state index contributed by atoms with van der Waals surface area (Å²) >= 11 is 0. The summed E-state index contributed by atoms with van der Waals surface area (Å²) in [5.41, 5.74) is 10.8. The molecule has 0 atom stereocenters. The van der Waals surface area contributed by atoms with E-state index in [2.05, 4.69) is 65.9 Å². The molecule has 0 radical (unpaired) electrons. The normalized spacial score (nSPS) is 15.4. The van der Waals surface area contributed by atoms with Crippen molar-refractivity contribution in [3.05, 3.63) is 72.1 Å². The Morgan fingerprint density at radius 3 is 2.00 bits per heavy atom. The van der Waals surface area contributed by atoms with E-state index in [-0.39, 0.29) is 17.0 Å². The molecule has 2 aliphatic rings. The average molecular weight is 547 g/mol. The van der Waals surface area contributed by atoms with Gasteiger partial charge in [-0.2, -0.15) is 10.2 Å². The van der Waals surface area contributed by atoms with Gasteiger partial charge in [-0.15, -0.1) is 17.0 Å². The Bertz CT molecular complexity index is 1350. The highest BCUT2D eigenvalue weighted by atomic mass is 79.9. The highest BCUT2D eigenvalue weighted by molar-refractivity contribution is 8.93. The van der Waals surface area contributed by atoms with Crippen molar-refractivity contribution in [2.75, 3.05) is 26.2 Å². The zero-order valence-electron chi connectivity index (χ0n) is 19.5. The monoisotopic (exact) mass is 546 g/mol. The van der Waals surface area contributed by atoms with E-state index in [0.29, 0.717) is 11.9 Å². The van der Waals surface area contributed by atoms with Crippen LogP contribution in [0.4, 0.5) is 0 Å². The van der Waals surface area contributed by atoms with Crippen LogP contribution in [0.3, 0.4) is 0 Å². The van der Waals surface area contributed by atoms with Gasteiger partial charge in [-0.05, 0) is 35.4 Å². The second-order valence-electron chi connectivity index (χ2n) is 7.79. The topological polar surface area (TPSA) is 115 Å². The van der Waals surface area contributed by atoms with Crippen molar-refractivity contribution in [2.45, 2.75) is 0 Å². The lowest BCUT2D eigenvalue weighted by atomic mass is 10.1. The van der Waals surface area contributed by atoms with Crippen molar-refractivity contribution in [1.29, 1.82) is 0 Å². The van der Waals surface area contributed by atoms with Crippen LogP contribution in [0.5, 0.6) is 0 Å². The third kappa shape index (κ3) is 6.66. The van der Waals surface area contributed by atoms with Gasteiger partial charge >= 0.3 is 0 Å². The van der Waals surface area contributed by atoms with Crippen molar-refractivity contribution in [3.8, 4) is 11.3 Å². The van der Waals surface area contributed by atoms with Crippen LogP contribution in [0, 0.1) is 0 Å². The number of nitrogens with zero attached hydrogens (tertiary/aromatic N) is 6. The van der Waals surface area contributed by atoms with Gasteiger partial charge < -0.3 is 15.0 Å². The first-order valence-corrected chi connectivity index (χ1v) is 11.4. The number of fused-ring (bicyclic) bond motifs is 1. The molecule has 2 aliphatic heterocycles. The predicted octanol–water partition coefficient (Wildman–Crippen LogP) is 2.67. The fourth-order valence-corrected chi connectivity index (χ4v) is 3.55. The van der Waals surface area contributed by atoms with Crippen LogP contribution in [0.15, 0.2) is 81.1 Å². The summed E-state index contributed by atoms with van der Waals surface area (Å²) in [6.07, 6.45) is 15.2. The lowest BCUT2D eigenvalue weighted by Gasteiger charge is -1.98. The molecule has 10 nitrogen and oxygen atoms in total. The molecule has 0 fully saturated rings. The smallest absolute Gasteiger partial charge is 0.212 e. The molecular formula is C25H27BrN10. The zero-order valence-corrected chi connectivity index (χ0v) is 21.2. The minimum atomic E-state index is 0. The van der Waals surface area contributed by atoms with E-state index in [1.165, 1.54) is 0 Å². The van der Waals surface area contributed by atoms with E-state index in [4.69, 9.17) is 4.98 Å². The van der Waals surface area contributed by atoms with Crippen LogP contribution >= 0.6 is 17.0 Å². The van der Waals surface area contributed by atoms with Crippen molar-refractivity contribution in [2.24, 2.45) is 20.2 Å². The minimum absolute atomic E-state index is 0. The van der Waals surface area contributed by atoms with Crippen LogP contribution < -0.4 is 21.5 Å². The molecule has 0 bridgehead atoms. The molecule has 0 amide bonds. The van der Waals surface area contributed by atoms with Gasteiger partial charge in [-0.25, -0.2) is 25.8 Å². The average Bonchev–Trinajstić information content (AvgIpc) is 3.66. The molecule has 0 saturated carbocycles. The van der Waals surface area contributed by atoms with E-state index in [1.807, 2.05) is 53.2 Å². The van der Waals surface area contributed by atoms with Gasteiger partial charge in [0.1, 0.15) is 5.65 Å². The first-order valence-electron chi connectivity index (χ1n) is 11.4. The Hall–Kier alpha value is -4.25. The number of guanidine groups is 2. The molecule has 11 heteroatoms. The minimum Gasteiger partial charge on any atom is -0.353 e. The first-order chi connectivity index (χ1) is 17.3. The Kier molecular flexibility index (Phi) is 8.60. The standard InChI is InChI=1S/C25H26N10.BrH/c1(11-30-33-24-26-13-14-27-24)3-19-5-8-21(9-6-19)22-18-35-17-20(7-10-23(35)32-22)4-2-12-31-34-25-28-15-16-29-25;/h1-12,17-18H,13-16H2,(H2,26,27,33)(H2,28,29,34);1H. The van der Waals surface area contributed by atoms with E-state index < -0.39 is 0 Å². The molecule has 1 aromatic carbocycles. The number of halogens is 1. The van der Waals surface area contributed by atoms with Crippen LogP contribution in [0.1, 0.15) is 11.1 Å². The van der Waals surface area contributed by atoms with Crippen molar-refractivity contribution < 1.29 is 0 Å². The second kappa shape index (κ2) is 12.5. The van der Waals surface area contributed by atoms with Gasteiger partial charge in [-0.3, -0.25) is 0 Å². The number of benzene rings is 1. The molecule has 5 rings (SSSR count). The Morgan fingerprint density at radius 1 is 0.778 bits per heavy atom. The van der Waals surface area contributed by atoms with Gasteiger partial charge in [0, 0.05) is 43.5 Å². The molecule has 0 saturated heterocycles. The van der Waals surface area contributed by atoms with Crippen LogP contribution in [0.25, 0.3) is 29.1 Å². The van der Waals surface area contributed by atoms with Crippen LogP contribution in [-0.4, -0.2) is 59.9 Å². The van der Waals surface area contributed by atoms with Crippen molar-refractivity contribution >= 4 is 59.1 Å². The van der Waals surface area contributed by atoms with Gasteiger partial charge in [0.15, 0.2) is 0 Å². The molecule has 3 aromatic rings. The van der Waals surface area contributed by atoms with Crippen LogP contribution in [-0.2, 0) is 0 Å². The number of rotatable bonds is 7. The van der Waals surface area contributed by atoms with Crippen molar-refractivity contribution in [3.63, 3.8) is 0 Å². The van der Waals surface area contributed by atoms with E-state index in [9.17, 15) is 0 Å². The highest BCUT2D eigenvalue weighted by Crippen LogP contribution is 2.21. The highest BCUT2D eigenvalue weighted by Gasteiger charge is 2.05. The summed E-state index contributed by atoms with van der Waals surface area (Å²) in [6.45, 7) is 3.27. The van der Waals surface area contributed by atoms with E-state index >= 15 is 0 Å². The number of nitrogens with one attached hydrogen (secondary N) is 4. The van der Waals surface area contributed by atoms with Gasteiger partial charge in [0.25, 0.3) is 0 Å². The summed E-state index contributed by atoms with van der Waals surface area (Å²) in [7, 11) is 0. The molecule has 2 aromatic heterocycles. The summed E-state index contributed by atoms with van der Waals surface area (Å²) in [6, 6.07) is 12.3. The molecule has 0 aliphatic carbocycles. The molecule has 36 heavy (non-hydrogen) atoms. The number of hydrogen-bond donors (Lipinski definition) is 4. The number of pyridine rings is 1. The maximum absolute atomic E-state index is 4.75. The van der Waals surface area contributed by atoms with Gasteiger partial charge in [0.05, 0.1) is 18.8 Å². The maximum Gasteiger partial charge on any atom is 0.212 e. The number of hydrogen-bond acceptors (Lipinski definition) is 9. The predicted molar refractivity (Wildman–Crippen MR) is 153 cm³/mol. The van der Waals surface area contributed by atoms with Crippen molar-refractivity contribution in [1.82, 2.24) is 30.9 Å². The Labute approximate surface area is 219 Å². The molecular weight excluding hydrogens is 520 g/mol. The largest absolute Gasteiger partial charge is 0.353 e. The first kappa shape index (κ1) is 24.9. The molecule has 0 spiro atoms. The fraction of sp³-hybridized carbons (Fsp3) is 0.160. The van der Waals surface area contributed by atoms with E-state index in [0.717, 1.165) is 54.2 Å². The molecule has 0 unspecified atom stereocenters. The lowest BCUT2D eigenvalue weighted by molar-refractivity contribution is 0.920. The number of aliphatic imine (C=N–C) groups is 2. The van der Waals surface area contributed by atoms with Gasteiger partial charge in [-0.1, -0.05) is 36.4 Å². The molecule has 184 valence electrons.